The number of benzene rings is 1. The third-order valence-corrected chi connectivity index (χ3v) is 5.41. The third-order valence-electron chi connectivity index (χ3n) is 4.21. The van der Waals surface area contributed by atoms with Gasteiger partial charge in [-0.1, -0.05) is 32.4 Å². The monoisotopic (exact) mass is 397 g/mol. The van der Waals surface area contributed by atoms with Crippen LogP contribution in [-0.2, 0) is 19.3 Å². The van der Waals surface area contributed by atoms with Gasteiger partial charge in [0, 0.05) is 22.9 Å². The van der Waals surface area contributed by atoms with Crippen molar-refractivity contribution in [2.24, 2.45) is 0 Å². The molecule has 1 aromatic carbocycles. The highest BCUT2D eigenvalue weighted by atomic mass is 32.1. The Morgan fingerprint density at radius 3 is 2.43 bits per heavy atom. The minimum atomic E-state index is 0.402. The van der Waals surface area contributed by atoms with E-state index in [9.17, 15) is 0 Å². The molecule has 2 aromatic heterocycles. The van der Waals surface area contributed by atoms with Crippen LogP contribution in [0.5, 0.6) is 5.75 Å². The second kappa shape index (κ2) is 9.50. The molecule has 2 heterocycles. The molecule has 0 amide bonds. The van der Waals surface area contributed by atoms with E-state index in [0.717, 1.165) is 54.3 Å². The number of rotatable bonds is 9. The topological polar surface area (TPSA) is 99.9 Å². The summed E-state index contributed by atoms with van der Waals surface area (Å²) in [5, 5.41) is 1.02. The van der Waals surface area contributed by atoms with Crippen LogP contribution >= 0.6 is 11.3 Å². The van der Waals surface area contributed by atoms with Gasteiger partial charge in [-0.05, 0) is 31.4 Å². The van der Waals surface area contributed by atoms with Crippen molar-refractivity contribution in [1.29, 1.82) is 0 Å². The lowest BCUT2D eigenvalue weighted by Gasteiger charge is -2.05. The average molecular weight is 398 g/mol. The number of ether oxygens (including phenoxy) is 1. The average Bonchev–Trinajstić information content (AvgIpc) is 3.07. The van der Waals surface area contributed by atoms with Gasteiger partial charge in [-0.25, -0.2) is 15.0 Å². The lowest BCUT2D eigenvalue weighted by molar-refractivity contribution is 0.317. The van der Waals surface area contributed by atoms with Gasteiger partial charge >= 0.3 is 0 Å². The van der Waals surface area contributed by atoms with Crippen LogP contribution in [0, 0.1) is 0 Å². The predicted molar refractivity (Wildman–Crippen MR) is 116 cm³/mol. The molecular formula is C21H27N5OS. The van der Waals surface area contributed by atoms with Crippen LogP contribution in [0.4, 0.5) is 11.6 Å². The molecule has 0 radical (unpaired) electrons. The summed E-state index contributed by atoms with van der Waals surface area (Å²) in [6, 6.07) is 9.72. The molecule has 0 fully saturated rings. The van der Waals surface area contributed by atoms with Crippen molar-refractivity contribution in [1.82, 2.24) is 15.0 Å². The smallest absolute Gasteiger partial charge is 0.133 e. The Kier molecular flexibility index (Phi) is 6.81. The first-order valence-corrected chi connectivity index (χ1v) is 10.5. The Balaban J connectivity index is 1.81. The summed E-state index contributed by atoms with van der Waals surface area (Å²) in [5.74, 6) is 2.35. The Hall–Kier alpha value is -2.67. The number of hydrogen-bond acceptors (Lipinski definition) is 7. The molecule has 0 aliphatic rings. The molecule has 0 bridgehead atoms. The van der Waals surface area contributed by atoms with Crippen molar-refractivity contribution >= 4 is 23.0 Å². The van der Waals surface area contributed by atoms with Gasteiger partial charge in [0.05, 0.1) is 12.3 Å². The number of hydrogen-bond donors (Lipinski definition) is 2. The van der Waals surface area contributed by atoms with Gasteiger partial charge in [0.2, 0.25) is 0 Å². The Morgan fingerprint density at radius 2 is 1.71 bits per heavy atom. The molecule has 0 unspecified atom stereocenters. The van der Waals surface area contributed by atoms with Crippen molar-refractivity contribution in [2.45, 2.75) is 46.0 Å². The molecule has 6 nitrogen and oxygen atoms in total. The zero-order chi connectivity index (χ0) is 19.9. The van der Waals surface area contributed by atoms with E-state index in [4.69, 9.17) is 21.2 Å². The molecule has 0 spiro atoms. The van der Waals surface area contributed by atoms with Gasteiger partial charge in [0.15, 0.2) is 0 Å². The van der Waals surface area contributed by atoms with Crippen molar-refractivity contribution in [3.05, 3.63) is 46.7 Å². The fraction of sp³-hybridized carbons (Fsp3) is 0.381. The van der Waals surface area contributed by atoms with Gasteiger partial charge in [-0.2, -0.15) is 0 Å². The van der Waals surface area contributed by atoms with E-state index < -0.39 is 0 Å². The van der Waals surface area contributed by atoms with E-state index in [1.165, 1.54) is 4.88 Å². The summed E-state index contributed by atoms with van der Waals surface area (Å²) in [7, 11) is 0. The van der Waals surface area contributed by atoms with Gasteiger partial charge in [0.25, 0.3) is 0 Å². The van der Waals surface area contributed by atoms with Crippen LogP contribution in [0.15, 0.2) is 30.3 Å². The fourth-order valence-corrected chi connectivity index (χ4v) is 4.15. The molecule has 0 saturated carbocycles. The van der Waals surface area contributed by atoms with Crippen LogP contribution in [0.1, 0.15) is 43.1 Å². The largest absolute Gasteiger partial charge is 0.494 e. The SMILES string of the molecule is CCCOc1cccc(-c2nc(CCc3nc(N)cc(N)n3)c(CCC)s2)c1. The number of thiazole rings is 1. The summed E-state index contributed by atoms with van der Waals surface area (Å²) in [4.78, 5) is 14.8. The first-order valence-electron chi connectivity index (χ1n) is 9.69. The molecule has 3 aromatic rings. The summed E-state index contributed by atoms with van der Waals surface area (Å²) >= 11 is 1.75. The number of anilines is 2. The Labute approximate surface area is 170 Å². The maximum absolute atomic E-state index is 5.78. The van der Waals surface area contributed by atoms with Crippen LogP contribution < -0.4 is 16.2 Å². The van der Waals surface area contributed by atoms with Gasteiger partial charge in [0.1, 0.15) is 28.2 Å². The summed E-state index contributed by atoms with van der Waals surface area (Å²) in [5.41, 5.74) is 13.7. The van der Waals surface area contributed by atoms with E-state index in [-0.39, 0.29) is 0 Å². The zero-order valence-corrected chi connectivity index (χ0v) is 17.3. The quantitative estimate of drug-likeness (QED) is 0.559. The summed E-state index contributed by atoms with van der Waals surface area (Å²) in [6.45, 7) is 5.01. The second-order valence-electron chi connectivity index (χ2n) is 6.65. The van der Waals surface area contributed by atoms with Crippen molar-refractivity contribution in [3.63, 3.8) is 0 Å². The first-order chi connectivity index (χ1) is 13.6. The third kappa shape index (κ3) is 5.19. The number of aryl methyl sites for hydroxylation is 3. The molecule has 7 heteroatoms. The molecule has 3 rings (SSSR count). The lowest BCUT2D eigenvalue weighted by Crippen LogP contribution is -2.05. The normalized spacial score (nSPS) is 10.9. The van der Waals surface area contributed by atoms with Crippen molar-refractivity contribution < 1.29 is 4.74 Å². The molecule has 0 atom stereocenters. The van der Waals surface area contributed by atoms with E-state index in [2.05, 4.69) is 35.9 Å². The molecule has 0 aliphatic heterocycles. The van der Waals surface area contributed by atoms with E-state index in [1.54, 1.807) is 17.4 Å². The second-order valence-corrected chi connectivity index (χ2v) is 7.73. The standard InChI is InChI=1S/C21H27N5OS/c1-3-6-17-16(9-10-20-25-18(22)13-19(23)26-20)24-21(28-17)14-7-5-8-15(12-14)27-11-4-2/h5,7-8,12-13H,3-4,6,9-11H2,1-2H3,(H4,22,23,25,26). The number of nitrogen functional groups attached to an aromatic ring is 2. The van der Waals surface area contributed by atoms with Gasteiger partial charge in [-0.3, -0.25) is 0 Å². The minimum absolute atomic E-state index is 0.402. The van der Waals surface area contributed by atoms with Crippen LogP contribution in [-0.4, -0.2) is 21.6 Å². The van der Waals surface area contributed by atoms with Crippen molar-refractivity contribution in [3.8, 4) is 16.3 Å². The van der Waals surface area contributed by atoms with Gasteiger partial charge in [-0.15, -0.1) is 11.3 Å². The van der Waals surface area contributed by atoms with E-state index in [0.29, 0.717) is 23.9 Å². The number of nitrogens with zero attached hydrogens (tertiary/aromatic N) is 3. The Morgan fingerprint density at radius 1 is 0.929 bits per heavy atom. The van der Waals surface area contributed by atoms with E-state index >= 15 is 0 Å². The predicted octanol–water partition coefficient (Wildman–Crippen LogP) is 4.29. The Bertz CT molecular complexity index is 905. The summed E-state index contributed by atoms with van der Waals surface area (Å²) in [6.07, 6.45) is 4.51. The zero-order valence-electron chi connectivity index (χ0n) is 16.4. The van der Waals surface area contributed by atoms with Gasteiger partial charge < -0.3 is 16.2 Å². The highest BCUT2D eigenvalue weighted by Crippen LogP contribution is 2.31. The molecule has 28 heavy (non-hydrogen) atoms. The van der Waals surface area contributed by atoms with E-state index in [1.807, 2.05) is 12.1 Å². The van der Waals surface area contributed by atoms with Crippen LogP contribution in [0.2, 0.25) is 0 Å². The highest BCUT2D eigenvalue weighted by molar-refractivity contribution is 7.15. The maximum Gasteiger partial charge on any atom is 0.133 e. The fourth-order valence-electron chi connectivity index (χ4n) is 2.94. The highest BCUT2D eigenvalue weighted by Gasteiger charge is 2.14. The summed E-state index contributed by atoms with van der Waals surface area (Å²) < 4.78 is 5.77. The lowest BCUT2D eigenvalue weighted by atomic mass is 10.1. The van der Waals surface area contributed by atoms with Crippen LogP contribution in [0.3, 0.4) is 0 Å². The van der Waals surface area contributed by atoms with Crippen LogP contribution in [0.25, 0.3) is 10.6 Å². The number of nitrogens with two attached hydrogens (primary N) is 2. The first kappa shape index (κ1) is 20.1. The molecular weight excluding hydrogens is 370 g/mol. The minimum Gasteiger partial charge on any atom is -0.494 e. The maximum atomic E-state index is 5.78. The molecule has 4 N–H and O–H groups in total. The molecule has 0 saturated heterocycles. The van der Waals surface area contributed by atoms with Crippen molar-refractivity contribution in [2.75, 3.05) is 18.1 Å². The molecule has 148 valence electrons. The molecule has 0 aliphatic carbocycles. The number of aromatic nitrogens is 3.